The molecule has 0 saturated heterocycles. The molecule has 0 spiro atoms. The highest BCUT2D eigenvalue weighted by Crippen LogP contribution is 2.28. The lowest BCUT2D eigenvalue weighted by Gasteiger charge is -2.36. The van der Waals surface area contributed by atoms with E-state index in [9.17, 15) is 22.8 Å². The molecule has 3 heterocycles. The lowest BCUT2D eigenvalue weighted by molar-refractivity contribution is -0.141. The molecule has 158 valence electrons. The zero-order valence-corrected chi connectivity index (χ0v) is 16.1. The Labute approximate surface area is 165 Å². The Balaban J connectivity index is 1.64. The van der Waals surface area contributed by atoms with Crippen LogP contribution in [0.4, 0.5) is 13.2 Å². The first-order valence-electron chi connectivity index (χ1n) is 9.04. The molecule has 0 bridgehead atoms. The van der Waals surface area contributed by atoms with Crippen LogP contribution in [-0.4, -0.2) is 63.9 Å². The zero-order valence-electron chi connectivity index (χ0n) is 16.1. The first-order valence-corrected chi connectivity index (χ1v) is 9.04. The second kappa shape index (κ2) is 8.27. The highest BCUT2D eigenvalue weighted by Gasteiger charge is 2.35. The summed E-state index contributed by atoms with van der Waals surface area (Å²) >= 11 is 0. The van der Waals surface area contributed by atoms with Gasteiger partial charge in [0.25, 0.3) is 5.91 Å². The molecule has 8 nitrogen and oxygen atoms in total. The van der Waals surface area contributed by atoms with Gasteiger partial charge in [0.1, 0.15) is 12.2 Å². The molecule has 1 unspecified atom stereocenters. The Morgan fingerprint density at radius 1 is 1.41 bits per heavy atom. The number of ether oxygens (including phenoxy) is 1. The summed E-state index contributed by atoms with van der Waals surface area (Å²) in [6.07, 6.45) is -2.77. The molecule has 2 aromatic rings. The van der Waals surface area contributed by atoms with Crippen molar-refractivity contribution in [3.05, 3.63) is 41.5 Å². The summed E-state index contributed by atoms with van der Waals surface area (Å²) in [4.78, 5) is 26.6. The summed E-state index contributed by atoms with van der Waals surface area (Å²) in [6.45, 7) is 2.50. The van der Waals surface area contributed by atoms with Gasteiger partial charge in [-0.25, -0.2) is 0 Å². The Bertz CT molecular complexity index is 890. The van der Waals surface area contributed by atoms with Gasteiger partial charge in [-0.1, -0.05) is 0 Å². The number of hydrogen-bond donors (Lipinski definition) is 1. The number of methoxy groups -OCH3 is 1. The van der Waals surface area contributed by atoms with E-state index in [-0.39, 0.29) is 30.7 Å². The monoisotopic (exact) mass is 413 g/mol. The average molecular weight is 413 g/mol. The van der Waals surface area contributed by atoms with E-state index < -0.39 is 17.8 Å². The van der Waals surface area contributed by atoms with Crippen LogP contribution in [0.15, 0.2) is 24.4 Å². The number of rotatable bonds is 7. The summed E-state index contributed by atoms with van der Waals surface area (Å²) in [5, 5.41) is 6.15. The number of halogens is 3. The van der Waals surface area contributed by atoms with Gasteiger partial charge in [0.15, 0.2) is 5.69 Å². The van der Waals surface area contributed by atoms with Crippen molar-refractivity contribution in [1.29, 1.82) is 0 Å². The molecular weight excluding hydrogens is 391 g/mol. The SMILES string of the molecule is COCCN1C(=O)c2cccn2CC1CNC(=O)Cn1nc(C(F)(F)F)cc1C. The maximum absolute atomic E-state index is 12.8. The maximum Gasteiger partial charge on any atom is 0.435 e. The quantitative estimate of drug-likeness (QED) is 0.742. The number of carbonyl (C=O) groups is 2. The normalized spacial score (nSPS) is 16.8. The Morgan fingerprint density at radius 2 is 2.17 bits per heavy atom. The zero-order chi connectivity index (χ0) is 21.2. The van der Waals surface area contributed by atoms with Crippen LogP contribution in [0.25, 0.3) is 0 Å². The van der Waals surface area contributed by atoms with Crippen molar-refractivity contribution >= 4 is 11.8 Å². The van der Waals surface area contributed by atoms with E-state index in [1.54, 1.807) is 23.2 Å². The van der Waals surface area contributed by atoms with Crippen molar-refractivity contribution in [3.8, 4) is 0 Å². The van der Waals surface area contributed by atoms with Crippen molar-refractivity contribution in [2.45, 2.75) is 32.2 Å². The fourth-order valence-corrected chi connectivity index (χ4v) is 3.29. The molecule has 11 heteroatoms. The van der Waals surface area contributed by atoms with Crippen LogP contribution >= 0.6 is 0 Å². The number of hydrogen-bond acceptors (Lipinski definition) is 4. The van der Waals surface area contributed by atoms with Crippen LogP contribution in [0.2, 0.25) is 0 Å². The van der Waals surface area contributed by atoms with Crippen molar-refractivity contribution in [2.75, 3.05) is 26.8 Å². The third-order valence-corrected chi connectivity index (χ3v) is 4.79. The predicted octanol–water partition coefficient (Wildman–Crippen LogP) is 1.30. The Morgan fingerprint density at radius 3 is 2.83 bits per heavy atom. The van der Waals surface area contributed by atoms with Gasteiger partial charge in [-0.3, -0.25) is 14.3 Å². The summed E-state index contributed by atoms with van der Waals surface area (Å²) in [5.41, 5.74) is -0.235. The average Bonchev–Trinajstić information content (AvgIpc) is 3.26. The Kier molecular flexibility index (Phi) is 5.96. The third-order valence-electron chi connectivity index (χ3n) is 4.79. The second-order valence-corrected chi connectivity index (χ2v) is 6.82. The highest BCUT2D eigenvalue weighted by atomic mass is 19.4. The maximum atomic E-state index is 12.8. The van der Waals surface area contributed by atoms with Gasteiger partial charge in [0.05, 0.1) is 12.6 Å². The van der Waals surface area contributed by atoms with Crippen LogP contribution in [0.1, 0.15) is 21.9 Å². The molecule has 2 aromatic heterocycles. The Hall–Kier alpha value is -2.82. The van der Waals surface area contributed by atoms with E-state index in [1.165, 1.54) is 14.0 Å². The van der Waals surface area contributed by atoms with Gasteiger partial charge >= 0.3 is 6.18 Å². The van der Waals surface area contributed by atoms with Gasteiger partial charge in [-0.05, 0) is 25.1 Å². The number of fused-ring (bicyclic) bond motifs is 1. The van der Waals surface area contributed by atoms with Crippen molar-refractivity contribution in [3.63, 3.8) is 0 Å². The number of alkyl halides is 3. The fourth-order valence-electron chi connectivity index (χ4n) is 3.29. The number of aromatic nitrogens is 3. The summed E-state index contributed by atoms with van der Waals surface area (Å²) < 4.78 is 46.2. The lowest BCUT2D eigenvalue weighted by Crippen LogP contribution is -2.53. The molecule has 1 atom stereocenters. The number of aryl methyl sites for hydroxylation is 1. The van der Waals surface area contributed by atoms with E-state index in [0.717, 1.165) is 10.7 Å². The van der Waals surface area contributed by atoms with Gasteiger partial charge < -0.3 is 19.5 Å². The molecule has 1 aliphatic heterocycles. The summed E-state index contributed by atoms with van der Waals surface area (Å²) in [7, 11) is 1.54. The number of amides is 2. The molecule has 3 rings (SSSR count). The lowest BCUT2D eigenvalue weighted by atomic mass is 10.1. The number of nitrogens with one attached hydrogen (secondary N) is 1. The molecule has 0 saturated carbocycles. The van der Waals surface area contributed by atoms with E-state index in [4.69, 9.17) is 4.74 Å². The molecule has 1 aliphatic rings. The van der Waals surface area contributed by atoms with E-state index >= 15 is 0 Å². The fraction of sp³-hybridized carbons (Fsp3) is 0.500. The van der Waals surface area contributed by atoms with Crippen LogP contribution in [0.3, 0.4) is 0 Å². The van der Waals surface area contributed by atoms with Crippen molar-refractivity contribution in [2.24, 2.45) is 0 Å². The van der Waals surface area contributed by atoms with Crippen LogP contribution in [0, 0.1) is 6.92 Å². The van der Waals surface area contributed by atoms with Crippen LogP contribution in [0.5, 0.6) is 0 Å². The molecule has 0 aliphatic carbocycles. The molecular formula is C18H22F3N5O3. The van der Waals surface area contributed by atoms with E-state index in [1.807, 2.05) is 4.57 Å². The molecule has 0 radical (unpaired) electrons. The molecule has 0 fully saturated rings. The van der Waals surface area contributed by atoms with Crippen LogP contribution < -0.4 is 5.32 Å². The first-order chi connectivity index (χ1) is 13.7. The topological polar surface area (TPSA) is 81.4 Å². The van der Waals surface area contributed by atoms with Gasteiger partial charge in [0, 0.05) is 38.6 Å². The first kappa shape index (κ1) is 20.9. The molecule has 1 N–H and O–H groups in total. The largest absolute Gasteiger partial charge is 0.435 e. The van der Waals surface area contributed by atoms with E-state index in [0.29, 0.717) is 25.4 Å². The minimum Gasteiger partial charge on any atom is -0.383 e. The van der Waals surface area contributed by atoms with Gasteiger partial charge in [-0.15, -0.1) is 0 Å². The smallest absolute Gasteiger partial charge is 0.383 e. The minimum absolute atomic E-state index is 0.157. The molecule has 29 heavy (non-hydrogen) atoms. The standard InChI is InChI=1S/C18H22F3N5O3/c1-12-8-15(18(19,20)21)23-26(12)11-16(27)22-9-13-10-24-5-3-4-14(24)17(28)25(13)6-7-29-2/h3-5,8,13H,6-7,9-11H2,1-2H3,(H,22,27). The molecule has 2 amide bonds. The van der Waals surface area contributed by atoms with Crippen molar-refractivity contribution < 1.29 is 27.5 Å². The van der Waals surface area contributed by atoms with Crippen molar-refractivity contribution in [1.82, 2.24) is 24.6 Å². The minimum atomic E-state index is -4.56. The molecule has 0 aromatic carbocycles. The van der Waals surface area contributed by atoms with Gasteiger partial charge in [0.2, 0.25) is 5.91 Å². The highest BCUT2D eigenvalue weighted by molar-refractivity contribution is 5.93. The summed E-state index contributed by atoms with van der Waals surface area (Å²) in [5.74, 6) is -0.641. The number of nitrogens with zero attached hydrogens (tertiary/aromatic N) is 4. The third kappa shape index (κ3) is 4.61. The van der Waals surface area contributed by atoms with Crippen LogP contribution in [-0.2, 0) is 28.8 Å². The second-order valence-electron chi connectivity index (χ2n) is 6.82. The van der Waals surface area contributed by atoms with Gasteiger partial charge in [-0.2, -0.15) is 18.3 Å². The predicted molar refractivity (Wildman–Crippen MR) is 96.1 cm³/mol. The van der Waals surface area contributed by atoms with E-state index in [2.05, 4.69) is 10.4 Å². The number of carbonyl (C=O) groups excluding carboxylic acids is 2. The summed E-state index contributed by atoms with van der Waals surface area (Å²) in [6, 6.07) is 4.11.